The van der Waals surface area contributed by atoms with Crippen molar-refractivity contribution in [1.82, 2.24) is 5.32 Å². The van der Waals surface area contributed by atoms with Crippen LogP contribution < -0.4 is 30.3 Å². The topological polar surface area (TPSA) is 101 Å². The number of rotatable bonds is 10. The number of amides is 3. The monoisotopic (exact) mass is 484 g/mol. The molecule has 3 amide bonds. The summed E-state index contributed by atoms with van der Waals surface area (Å²) < 4.78 is 15.6. The van der Waals surface area contributed by atoms with E-state index < -0.39 is 6.03 Å². The molecule has 1 saturated heterocycles. The van der Waals surface area contributed by atoms with E-state index in [1.807, 2.05) is 12.1 Å². The first kappa shape index (κ1) is 26.2. The Hall–Kier alpha value is -3.46. The van der Waals surface area contributed by atoms with E-state index in [1.165, 1.54) is 7.11 Å². The van der Waals surface area contributed by atoms with Crippen LogP contribution in [0.4, 0.5) is 21.9 Å². The van der Waals surface area contributed by atoms with Crippen molar-refractivity contribution in [3.8, 4) is 11.5 Å². The first-order chi connectivity index (χ1) is 16.9. The Morgan fingerprint density at radius 2 is 1.77 bits per heavy atom. The van der Waals surface area contributed by atoms with Gasteiger partial charge >= 0.3 is 6.03 Å². The molecule has 0 aromatic heterocycles. The van der Waals surface area contributed by atoms with Crippen LogP contribution in [0.5, 0.6) is 11.5 Å². The zero-order chi connectivity index (χ0) is 25.2. The van der Waals surface area contributed by atoms with Crippen molar-refractivity contribution in [1.29, 1.82) is 0 Å². The third-order valence-electron chi connectivity index (χ3n) is 6.09. The van der Waals surface area contributed by atoms with E-state index >= 15 is 0 Å². The SMILES string of the molecule is COCCCNC(=O)c1cc(NC(=O)Nc2ccc(OC)cc2OC)ccc1N1CCC(C)CC1. The average molecular weight is 485 g/mol. The molecule has 0 radical (unpaired) electrons. The molecular formula is C26H36N4O5. The lowest BCUT2D eigenvalue weighted by molar-refractivity contribution is 0.0949. The quantitative estimate of drug-likeness (QED) is 0.434. The molecule has 1 heterocycles. The Bertz CT molecular complexity index is 1010. The minimum atomic E-state index is -0.445. The number of hydrogen-bond donors (Lipinski definition) is 3. The summed E-state index contributed by atoms with van der Waals surface area (Å²) in [7, 11) is 4.72. The van der Waals surface area contributed by atoms with Gasteiger partial charge in [0.05, 0.1) is 25.5 Å². The molecule has 0 aliphatic carbocycles. The summed E-state index contributed by atoms with van der Waals surface area (Å²) in [4.78, 5) is 28.0. The van der Waals surface area contributed by atoms with Crippen LogP contribution in [0.3, 0.4) is 0 Å². The number of hydrogen-bond acceptors (Lipinski definition) is 6. The van der Waals surface area contributed by atoms with Crippen molar-refractivity contribution in [3.63, 3.8) is 0 Å². The standard InChI is InChI=1S/C26H36N4O5/c1-18-10-13-30(14-11-18)23-9-6-19(16-21(23)25(31)27-12-5-15-33-2)28-26(32)29-22-8-7-20(34-3)17-24(22)35-4/h6-9,16-18H,5,10-15H2,1-4H3,(H,27,31)(H2,28,29,32). The lowest BCUT2D eigenvalue weighted by Gasteiger charge is -2.33. The minimum Gasteiger partial charge on any atom is -0.497 e. The molecule has 0 spiro atoms. The molecule has 3 N–H and O–H groups in total. The number of piperidine rings is 1. The molecule has 35 heavy (non-hydrogen) atoms. The zero-order valence-corrected chi connectivity index (χ0v) is 21.0. The highest BCUT2D eigenvalue weighted by Crippen LogP contribution is 2.31. The molecule has 1 aliphatic rings. The Balaban J connectivity index is 1.76. The maximum Gasteiger partial charge on any atom is 0.323 e. The Morgan fingerprint density at radius 3 is 2.46 bits per heavy atom. The minimum absolute atomic E-state index is 0.171. The Morgan fingerprint density at radius 1 is 1.00 bits per heavy atom. The van der Waals surface area contributed by atoms with Gasteiger partial charge in [0.25, 0.3) is 5.91 Å². The van der Waals surface area contributed by atoms with Crippen LogP contribution in [0.2, 0.25) is 0 Å². The lowest BCUT2D eigenvalue weighted by Crippen LogP contribution is -2.35. The Labute approximate surface area is 207 Å². The predicted molar refractivity (Wildman–Crippen MR) is 138 cm³/mol. The summed E-state index contributed by atoms with van der Waals surface area (Å²) in [6, 6.07) is 10.1. The number of urea groups is 1. The summed E-state index contributed by atoms with van der Waals surface area (Å²) in [6.07, 6.45) is 2.89. The fourth-order valence-electron chi connectivity index (χ4n) is 4.02. The van der Waals surface area contributed by atoms with Gasteiger partial charge < -0.3 is 35.1 Å². The van der Waals surface area contributed by atoms with E-state index in [1.54, 1.807) is 38.5 Å². The van der Waals surface area contributed by atoms with Crippen LogP contribution in [0.1, 0.15) is 36.5 Å². The van der Waals surface area contributed by atoms with Crippen LogP contribution in [-0.2, 0) is 4.74 Å². The summed E-state index contributed by atoms with van der Waals surface area (Å²) in [5.74, 6) is 1.61. The molecule has 0 bridgehead atoms. The molecule has 1 fully saturated rings. The number of carbonyl (C=O) groups is 2. The second kappa shape index (κ2) is 12.9. The Kier molecular flexibility index (Phi) is 9.60. The van der Waals surface area contributed by atoms with Gasteiger partial charge in [-0.05, 0) is 55.5 Å². The molecule has 0 unspecified atom stereocenters. The highest BCUT2D eigenvalue weighted by Gasteiger charge is 2.22. The first-order valence-corrected chi connectivity index (χ1v) is 11.9. The van der Waals surface area contributed by atoms with E-state index in [4.69, 9.17) is 14.2 Å². The highest BCUT2D eigenvalue weighted by atomic mass is 16.5. The smallest absolute Gasteiger partial charge is 0.323 e. The number of ether oxygens (including phenoxy) is 3. The maximum absolute atomic E-state index is 13.1. The van der Waals surface area contributed by atoms with E-state index in [0.717, 1.165) is 38.0 Å². The second-order valence-electron chi connectivity index (χ2n) is 8.65. The normalized spacial score (nSPS) is 13.8. The molecule has 3 rings (SSSR count). The van der Waals surface area contributed by atoms with Crippen LogP contribution in [-0.4, -0.2) is 59.5 Å². The molecule has 2 aromatic carbocycles. The number of nitrogens with one attached hydrogen (secondary N) is 3. The van der Waals surface area contributed by atoms with Crippen LogP contribution >= 0.6 is 0 Å². The number of benzene rings is 2. The van der Waals surface area contributed by atoms with Gasteiger partial charge in [-0.15, -0.1) is 0 Å². The molecule has 9 heteroatoms. The number of anilines is 3. The van der Waals surface area contributed by atoms with Gasteiger partial charge in [-0.1, -0.05) is 6.92 Å². The van der Waals surface area contributed by atoms with Gasteiger partial charge in [-0.3, -0.25) is 4.79 Å². The first-order valence-electron chi connectivity index (χ1n) is 11.9. The summed E-state index contributed by atoms with van der Waals surface area (Å²) in [5, 5.41) is 8.58. The highest BCUT2D eigenvalue weighted by molar-refractivity contribution is 6.04. The van der Waals surface area contributed by atoms with Gasteiger partial charge in [0.15, 0.2) is 0 Å². The molecule has 9 nitrogen and oxygen atoms in total. The van der Waals surface area contributed by atoms with Crippen molar-refractivity contribution in [2.75, 3.05) is 63.1 Å². The third kappa shape index (κ3) is 7.26. The summed E-state index contributed by atoms with van der Waals surface area (Å²) in [5.41, 5.74) is 2.44. The van der Waals surface area contributed by atoms with E-state index in [2.05, 4.69) is 27.8 Å². The largest absolute Gasteiger partial charge is 0.497 e. The summed E-state index contributed by atoms with van der Waals surface area (Å²) in [6.45, 7) is 5.14. The van der Waals surface area contributed by atoms with Gasteiger partial charge in [0.1, 0.15) is 11.5 Å². The number of carbonyl (C=O) groups excluding carboxylic acids is 2. The fraction of sp³-hybridized carbons (Fsp3) is 0.462. The second-order valence-corrected chi connectivity index (χ2v) is 8.65. The number of nitrogens with zero attached hydrogens (tertiary/aromatic N) is 1. The predicted octanol–water partition coefficient (Wildman–Crippen LogP) is 4.35. The van der Waals surface area contributed by atoms with Crippen molar-refractivity contribution >= 4 is 29.0 Å². The van der Waals surface area contributed by atoms with E-state index in [9.17, 15) is 9.59 Å². The van der Waals surface area contributed by atoms with Crippen LogP contribution in [0.25, 0.3) is 0 Å². The van der Waals surface area contributed by atoms with Crippen molar-refractivity contribution < 1.29 is 23.8 Å². The van der Waals surface area contributed by atoms with E-state index in [-0.39, 0.29) is 5.91 Å². The van der Waals surface area contributed by atoms with Crippen molar-refractivity contribution in [2.24, 2.45) is 5.92 Å². The lowest BCUT2D eigenvalue weighted by atomic mass is 9.98. The summed E-state index contributed by atoms with van der Waals surface area (Å²) >= 11 is 0. The maximum atomic E-state index is 13.1. The molecule has 2 aromatic rings. The molecule has 0 atom stereocenters. The average Bonchev–Trinajstić information content (AvgIpc) is 2.87. The van der Waals surface area contributed by atoms with Gasteiger partial charge in [-0.2, -0.15) is 0 Å². The van der Waals surface area contributed by atoms with E-state index in [0.29, 0.717) is 47.5 Å². The molecule has 190 valence electrons. The third-order valence-corrected chi connectivity index (χ3v) is 6.09. The van der Waals surface area contributed by atoms with Crippen LogP contribution in [0, 0.1) is 5.92 Å². The van der Waals surface area contributed by atoms with Gasteiger partial charge in [-0.25, -0.2) is 4.79 Å². The van der Waals surface area contributed by atoms with Crippen LogP contribution in [0.15, 0.2) is 36.4 Å². The fourth-order valence-corrected chi connectivity index (χ4v) is 4.02. The van der Waals surface area contributed by atoms with Gasteiger partial charge in [0.2, 0.25) is 0 Å². The van der Waals surface area contributed by atoms with Crippen molar-refractivity contribution in [3.05, 3.63) is 42.0 Å². The van der Waals surface area contributed by atoms with Crippen molar-refractivity contribution in [2.45, 2.75) is 26.2 Å². The molecule has 1 aliphatic heterocycles. The van der Waals surface area contributed by atoms with Gasteiger partial charge in [0, 0.05) is 50.8 Å². The molecular weight excluding hydrogens is 448 g/mol. The molecule has 0 saturated carbocycles. The zero-order valence-electron chi connectivity index (χ0n) is 21.0. The number of methoxy groups -OCH3 is 3.